The minimum Gasteiger partial charge on any atom is -0.476 e. The van der Waals surface area contributed by atoms with Gasteiger partial charge in [0.15, 0.2) is 10.0 Å². The minimum absolute atomic E-state index is 0.0735. The molecule has 1 fully saturated rings. The van der Waals surface area contributed by atoms with E-state index in [2.05, 4.69) is 15.4 Å². The number of aromatic carboxylic acids is 1. The second-order valence-electron chi connectivity index (χ2n) is 5.85. The summed E-state index contributed by atoms with van der Waals surface area (Å²) in [7, 11) is 0. The molecule has 10 heteroatoms. The summed E-state index contributed by atoms with van der Waals surface area (Å²) in [6, 6.07) is 2.09. The van der Waals surface area contributed by atoms with Gasteiger partial charge in [-0.2, -0.15) is 5.10 Å². The highest BCUT2D eigenvalue weighted by Gasteiger charge is 2.30. The maximum Gasteiger partial charge on any atom is 0.355 e. The zero-order valence-corrected chi connectivity index (χ0v) is 16.1. The van der Waals surface area contributed by atoms with Crippen molar-refractivity contribution < 1.29 is 14.7 Å². The lowest BCUT2D eigenvalue weighted by Crippen LogP contribution is -2.39. The Kier molecular flexibility index (Phi) is 6.15. The molecule has 26 heavy (non-hydrogen) atoms. The smallest absolute Gasteiger partial charge is 0.355 e. The predicted octanol–water partition coefficient (Wildman–Crippen LogP) is 2.25. The minimum atomic E-state index is -1.01. The van der Waals surface area contributed by atoms with Gasteiger partial charge in [-0.3, -0.25) is 9.48 Å². The van der Waals surface area contributed by atoms with E-state index in [4.69, 9.17) is 5.11 Å². The lowest BCUT2D eigenvalue weighted by Gasteiger charge is -2.25. The van der Waals surface area contributed by atoms with Gasteiger partial charge in [-0.05, 0) is 13.3 Å². The van der Waals surface area contributed by atoms with E-state index in [0.29, 0.717) is 25.3 Å². The van der Waals surface area contributed by atoms with Crippen LogP contribution in [0.4, 0.5) is 5.82 Å². The van der Waals surface area contributed by atoms with Crippen LogP contribution in [0, 0.1) is 0 Å². The van der Waals surface area contributed by atoms with Crippen molar-refractivity contribution in [2.24, 2.45) is 0 Å². The molecule has 1 unspecified atom stereocenters. The Balaban J connectivity index is 1.50. The van der Waals surface area contributed by atoms with Crippen molar-refractivity contribution in [3.8, 4) is 0 Å². The molecule has 1 aliphatic rings. The summed E-state index contributed by atoms with van der Waals surface area (Å²) >= 11 is 2.81. The maximum absolute atomic E-state index is 12.2. The molecule has 8 nitrogen and oxygen atoms in total. The summed E-state index contributed by atoms with van der Waals surface area (Å²) in [5.74, 6) is 0.819. The number of aryl methyl sites for hydroxylation is 1. The summed E-state index contributed by atoms with van der Waals surface area (Å²) in [5.41, 5.74) is 0.0735. The number of amides is 1. The van der Waals surface area contributed by atoms with Crippen LogP contribution < -0.4 is 5.32 Å². The number of thiazole rings is 1. The zero-order chi connectivity index (χ0) is 18.5. The van der Waals surface area contributed by atoms with E-state index < -0.39 is 5.97 Å². The lowest BCUT2D eigenvalue weighted by molar-refractivity contribution is -0.128. The van der Waals surface area contributed by atoms with Gasteiger partial charge in [-0.1, -0.05) is 11.8 Å². The van der Waals surface area contributed by atoms with Crippen molar-refractivity contribution in [2.45, 2.75) is 36.7 Å². The monoisotopic (exact) mass is 395 g/mol. The molecule has 2 aromatic heterocycles. The van der Waals surface area contributed by atoms with Crippen LogP contribution in [0.25, 0.3) is 0 Å². The first-order valence-corrected chi connectivity index (χ1v) is 10.3. The van der Waals surface area contributed by atoms with Crippen LogP contribution in [0.1, 0.15) is 30.3 Å². The van der Waals surface area contributed by atoms with Crippen molar-refractivity contribution >= 4 is 40.8 Å². The summed E-state index contributed by atoms with van der Waals surface area (Å²) in [4.78, 5) is 29.0. The number of thioether (sulfide) groups is 1. The van der Waals surface area contributed by atoms with Crippen LogP contribution in [0.15, 0.2) is 22.0 Å². The van der Waals surface area contributed by atoms with E-state index in [1.807, 2.05) is 22.6 Å². The molecule has 0 spiro atoms. The van der Waals surface area contributed by atoms with E-state index in [9.17, 15) is 9.59 Å². The van der Waals surface area contributed by atoms with Gasteiger partial charge >= 0.3 is 5.97 Å². The number of nitrogens with zero attached hydrogens (tertiary/aromatic N) is 4. The number of anilines is 1. The number of likely N-dealkylation sites (tertiary alicyclic amines) is 1. The van der Waals surface area contributed by atoms with Gasteiger partial charge in [0.25, 0.3) is 0 Å². The Hall–Kier alpha value is -2.07. The van der Waals surface area contributed by atoms with Crippen LogP contribution >= 0.6 is 23.1 Å². The molecule has 0 saturated carbocycles. The average Bonchev–Trinajstić information content (AvgIpc) is 3.34. The van der Waals surface area contributed by atoms with E-state index in [1.165, 1.54) is 28.5 Å². The Bertz CT molecular complexity index is 776. The van der Waals surface area contributed by atoms with Gasteiger partial charge in [0, 0.05) is 49.3 Å². The first-order chi connectivity index (χ1) is 12.6. The van der Waals surface area contributed by atoms with Crippen molar-refractivity contribution in [3.63, 3.8) is 0 Å². The van der Waals surface area contributed by atoms with E-state index in [-0.39, 0.29) is 17.6 Å². The highest BCUT2D eigenvalue weighted by molar-refractivity contribution is 8.01. The van der Waals surface area contributed by atoms with Crippen LogP contribution in [0.5, 0.6) is 0 Å². The number of rotatable bonds is 9. The third-order valence-corrected chi connectivity index (χ3v) is 6.25. The lowest BCUT2D eigenvalue weighted by atomic mass is 10.2. The standard InChI is InChI=1S/C16H21N5O3S2/c1-2-21-13(5-6-18-21)17-9-11-3-4-14(22)20(11)7-8-25-16-19-12(10-26-16)15(23)24/h5-6,10-11,17H,2-4,7-9H2,1H3,(H,23,24). The molecule has 0 aromatic carbocycles. The molecule has 0 radical (unpaired) electrons. The van der Waals surface area contributed by atoms with Gasteiger partial charge < -0.3 is 15.3 Å². The second kappa shape index (κ2) is 8.54. The summed E-state index contributed by atoms with van der Waals surface area (Å²) in [6.07, 6.45) is 3.18. The molecule has 1 aliphatic heterocycles. The van der Waals surface area contributed by atoms with Gasteiger partial charge in [0.2, 0.25) is 5.91 Å². The number of carbonyl (C=O) groups is 2. The highest BCUT2D eigenvalue weighted by atomic mass is 32.2. The fourth-order valence-electron chi connectivity index (χ4n) is 2.92. The second-order valence-corrected chi connectivity index (χ2v) is 8.05. The summed E-state index contributed by atoms with van der Waals surface area (Å²) in [6.45, 7) is 4.16. The zero-order valence-electron chi connectivity index (χ0n) is 14.4. The van der Waals surface area contributed by atoms with Crippen LogP contribution in [0.3, 0.4) is 0 Å². The summed E-state index contributed by atoms with van der Waals surface area (Å²) in [5, 5.41) is 18.1. The molecule has 0 bridgehead atoms. The topological polar surface area (TPSA) is 100 Å². The number of carboxylic acid groups (broad SMARTS) is 1. The van der Waals surface area contributed by atoms with Crippen molar-refractivity contribution in [2.75, 3.05) is 24.2 Å². The Morgan fingerprint density at radius 3 is 3.12 bits per heavy atom. The van der Waals surface area contributed by atoms with Gasteiger partial charge in [0.1, 0.15) is 5.82 Å². The number of aromatic nitrogens is 3. The molecule has 3 heterocycles. The molecule has 1 saturated heterocycles. The first-order valence-electron chi connectivity index (χ1n) is 8.45. The molecule has 1 amide bonds. The third-order valence-electron chi connectivity index (χ3n) is 4.25. The largest absolute Gasteiger partial charge is 0.476 e. The first kappa shape index (κ1) is 18.7. The van der Waals surface area contributed by atoms with Crippen molar-refractivity contribution in [1.29, 1.82) is 0 Å². The van der Waals surface area contributed by atoms with Gasteiger partial charge in [-0.25, -0.2) is 9.78 Å². The SMILES string of the molecule is CCn1nccc1NCC1CCC(=O)N1CCSc1nc(C(=O)O)cs1. The van der Waals surface area contributed by atoms with E-state index in [0.717, 1.165) is 23.1 Å². The number of nitrogens with one attached hydrogen (secondary N) is 1. The van der Waals surface area contributed by atoms with E-state index in [1.54, 1.807) is 6.20 Å². The molecule has 140 valence electrons. The summed E-state index contributed by atoms with van der Waals surface area (Å²) < 4.78 is 2.61. The molecule has 2 N–H and O–H groups in total. The molecular formula is C16H21N5O3S2. The molecule has 2 aromatic rings. The molecular weight excluding hydrogens is 374 g/mol. The fraction of sp³-hybridized carbons (Fsp3) is 0.500. The quantitative estimate of drug-likeness (QED) is 0.628. The third kappa shape index (κ3) is 4.36. The van der Waals surface area contributed by atoms with E-state index >= 15 is 0 Å². The number of carbonyl (C=O) groups excluding carboxylic acids is 1. The normalized spacial score (nSPS) is 17.0. The van der Waals surface area contributed by atoms with Crippen molar-refractivity contribution in [3.05, 3.63) is 23.3 Å². The van der Waals surface area contributed by atoms with Crippen LogP contribution in [0.2, 0.25) is 0 Å². The average molecular weight is 396 g/mol. The Labute approximate surface area is 159 Å². The van der Waals surface area contributed by atoms with Crippen LogP contribution in [-0.4, -0.2) is 61.5 Å². The number of carboxylic acids is 1. The molecule has 1 atom stereocenters. The Morgan fingerprint density at radius 2 is 2.38 bits per heavy atom. The highest BCUT2D eigenvalue weighted by Crippen LogP contribution is 2.25. The van der Waals surface area contributed by atoms with Gasteiger partial charge in [0.05, 0.1) is 6.20 Å². The number of hydrogen-bond donors (Lipinski definition) is 2. The Morgan fingerprint density at radius 1 is 1.54 bits per heavy atom. The number of hydrogen-bond acceptors (Lipinski definition) is 7. The maximum atomic E-state index is 12.2. The van der Waals surface area contributed by atoms with Gasteiger partial charge in [-0.15, -0.1) is 11.3 Å². The van der Waals surface area contributed by atoms with Crippen molar-refractivity contribution in [1.82, 2.24) is 19.7 Å². The molecule has 0 aliphatic carbocycles. The fourth-order valence-corrected chi connectivity index (χ4v) is 4.73. The molecule has 3 rings (SSSR count). The predicted molar refractivity (Wildman–Crippen MR) is 101 cm³/mol. The van der Waals surface area contributed by atoms with Crippen LogP contribution in [-0.2, 0) is 11.3 Å².